The molecular formula is C14H21ClN2O2S. The lowest BCUT2D eigenvalue weighted by Crippen LogP contribution is -2.47. The van der Waals surface area contributed by atoms with Crippen LogP contribution in [0.1, 0.15) is 18.4 Å². The van der Waals surface area contributed by atoms with Gasteiger partial charge in [0, 0.05) is 26.0 Å². The molecular weight excluding hydrogens is 296 g/mol. The van der Waals surface area contributed by atoms with E-state index in [4.69, 9.17) is 11.6 Å². The molecule has 1 saturated heterocycles. The number of piperidine rings is 1. The number of alkyl halides is 1. The zero-order chi connectivity index (χ0) is 14.8. The average Bonchev–Trinajstić information content (AvgIpc) is 2.46. The highest BCUT2D eigenvalue weighted by Crippen LogP contribution is 2.25. The monoisotopic (exact) mass is 316 g/mol. The van der Waals surface area contributed by atoms with Crippen molar-refractivity contribution < 1.29 is 8.42 Å². The molecule has 1 fully saturated rings. The van der Waals surface area contributed by atoms with Crippen molar-refractivity contribution in [1.29, 1.82) is 0 Å². The van der Waals surface area contributed by atoms with E-state index in [2.05, 4.69) is 0 Å². The maximum Gasteiger partial charge on any atom is 0.303 e. The van der Waals surface area contributed by atoms with Crippen molar-refractivity contribution in [2.45, 2.75) is 19.8 Å². The number of rotatable bonds is 4. The van der Waals surface area contributed by atoms with Crippen molar-refractivity contribution in [3.63, 3.8) is 0 Å². The van der Waals surface area contributed by atoms with Crippen molar-refractivity contribution in [1.82, 2.24) is 4.31 Å². The van der Waals surface area contributed by atoms with Gasteiger partial charge in [-0.05, 0) is 43.4 Å². The number of nitrogens with zero attached hydrogens (tertiary/aromatic N) is 2. The topological polar surface area (TPSA) is 40.6 Å². The number of hydrogen-bond donors (Lipinski definition) is 0. The maximum absolute atomic E-state index is 12.7. The maximum atomic E-state index is 12.7. The Morgan fingerprint density at radius 3 is 2.85 bits per heavy atom. The molecule has 0 aliphatic carbocycles. The van der Waals surface area contributed by atoms with Crippen molar-refractivity contribution in [2.75, 3.05) is 30.3 Å². The van der Waals surface area contributed by atoms with E-state index in [1.807, 2.05) is 31.2 Å². The summed E-state index contributed by atoms with van der Waals surface area (Å²) in [4.78, 5) is 0. The van der Waals surface area contributed by atoms with Gasteiger partial charge in [0.2, 0.25) is 0 Å². The number of hydrogen-bond acceptors (Lipinski definition) is 2. The fraction of sp³-hybridized carbons (Fsp3) is 0.571. The molecule has 112 valence electrons. The second-order valence-corrected chi connectivity index (χ2v) is 7.60. The molecule has 1 unspecified atom stereocenters. The highest BCUT2D eigenvalue weighted by molar-refractivity contribution is 7.90. The summed E-state index contributed by atoms with van der Waals surface area (Å²) >= 11 is 5.88. The van der Waals surface area contributed by atoms with Crippen molar-refractivity contribution >= 4 is 27.5 Å². The summed E-state index contributed by atoms with van der Waals surface area (Å²) in [6.45, 7) is 3.04. The van der Waals surface area contributed by atoms with Gasteiger partial charge >= 0.3 is 10.2 Å². The third kappa shape index (κ3) is 3.27. The molecule has 20 heavy (non-hydrogen) atoms. The van der Waals surface area contributed by atoms with Crippen LogP contribution in [0.4, 0.5) is 5.69 Å². The molecule has 0 spiro atoms. The fourth-order valence-corrected chi connectivity index (χ4v) is 4.23. The van der Waals surface area contributed by atoms with Crippen LogP contribution in [0.3, 0.4) is 0 Å². The summed E-state index contributed by atoms with van der Waals surface area (Å²) in [5, 5.41) is 0. The Hall–Kier alpha value is -0.780. The Bertz CT molecular complexity index is 562. The average molecular weight is 317 g/mol. The predicted octanol–water partition coefficient (Wildman–Crippen LogP) is 2.63. The van der Waals surface area contributed by atoms with Gasteiger partial charge < -0.3 is 0 Å². The fourth-order valence-electron chi connectivity index (χ4n) is 2.49. The van der Waals surface area contributed by atoms with Crippen LogP contribution in [0, 0.1) is 12.8 Å². The summed E-state index contributed by atoms with van der Waals surface area (Å²) < 4.78 is 28.2. The highest BCUT2D eigenvalue weighted by Gasteiger charge is 2.31. The van der Waals surface area contributed by atoms with Crippen LogP contribution >= 0.6 is 11.6 Å². The standard InChI is InChI=1S/C14H21ClN2O2S/c1-12-5-3-7-14(9-12)16(2)20(18,19)17-8-4-6-13(10-15)11-17/h3,5,7,9,13H,4,6,8,10-11H2,1-2H3. The molecule has 6 heteroatoms. The SMILES string of the molecule is Cc1cccc(N(C)S(=O)(=O)N2CCCC(CCl)C2)c1. The molecule has 0 N–H and O–H groups in total. The number of aryl methyl sites for hydroxylation is 1. The van der Waals surface area contributed by atoms with Crippen LogP contribution in [-0.2, 0) is 10.2 Å². The highest BCUT2D eigenvalue weighted by atomic mass is 35.5. The predicted molar refractivity (Wildman–Crippen MR) is 83.5 cm³/mol. The molecule has 1 aliphatic rings. The van der Waals surface area contributed by atoms with E-state index in [9.17, 15) is 8.42 Å². The molecule has 4 nitrogen and oxygen atoms in total. The minimum absolute atomic E-state index is 0.256. The Balaban J connectivity index is 2.21. The number of halogens is 1. The van der Waals surface area contributed by atoms with E-state index in [1.165, 1.54) is 4.31 Å². The summed E-state index contributed by atoms with van der Waals surface area (Å²) in [7, 11) is -1.86. The van der Waals surface area contributed by atoms with Gasteiger partial charge in [-0.15, -0.1) is 11.6 Å². The molecule has 1 atom stereocenters. The van der Waals surface area contributed by atoms with Gasteiger partial charge in [0.1, 0.15) is 0 Å². The molecule has 1 aromatic carbocycles. The van der Waals surface area contributed by atoms with Crippen molar-refractivity contribution in [3.05, 3.63) is 29.8 Å². The molecule has 0 saturated carbocycles. The Kier molecular flexibility index (Phi) is 4.94. The lowest BCUT2D eigenvalue weighted by molar-refractivity contribution is 0.283. The summed E-state index contributed by atoms with van der Waals surface area (Å²) in [5.74, 6) is 0.770. The van der Waals surface area contributed by atoms with Gasteiger partial charge in [0.05, 0.1) is 5.69 Å². The van der Waals surface area contributed by atoms with Gasteiger partial charge in [-0.1, -0.05) is 12.1 Å². The van der Waals surface area contributed by atoms with Crippen LogP contribution in [0.15, 0.2) is 24.3 Å². The zero-order valence-corrected chi connectivity index (χ0v) is 13.5. The summed E-state index contributed by atoms with van der Waals surface area (Å²) in [6.07, 6.45) is 1.88. The molecule has 0 radical (unpaired) electrons. The van der Waals surface area contributed by atoms with E-state index in [0.717, 1.165) is 18.4 Å². The molecule has 0 bridgehead atoms. The van der Waals surface area contributed by atoms with Gasteiger partial charge in [-0.25, -0.2) is 0 Å². The Morgan fingerprint density at radius 1 is 1.45 bits per heavy atom. The largest absolute Gasteiger partial charge is 0.303 e. The molecule has 1 heterocycles. The second kappa shape index (κ2) is 6.33. The van der Waals surface area contributed by atoms with Crippen molar-refractivity contribution in [2.24, 2.45) is 5.92 Å². The van der Waals surface area contributed by atoms with Crippen LogP contribution in [-0.4, -0.2) is 38.7 Å². The molecule has 1 aromatic rings. The van der Waals surface area contributed by atoms with Crippen LogP contribution < -0.4 is 4.31 Å². The quantitative estimate of drug-likeness (QED) is 0.801. The van der Waals surface area contributed by atoms with Gasteiger partial charge in [-0.3, -0.25) is 4.31 Å². The van der Waals surface area contributed by atoms with E-state index < -0.39 is 10.2 Å². The minimum Gasteiger partial charge on any atom is -0.261 e. The van der Waals surface area contributed by atoms with E-state index in [1.54, 1.807) is 11.4 Å². The van der Waals surface area contributed by atoms with E-state index in [-0.39, 0.29) is 5.92 Å². The number of benzene rings is 1. The molecule has 2 rings (SSSR count). The van der Waals surface area contributed by atoms with Crippen LogP contribution in [0.5, 0.6) is 0 Å². The van der Waals surface area contributed by atoms with Gasteiger partial charge in [0.25, 0.3) is 0 Å². The van der Waals surface area contributed by atoms with Crippen LogP contribution in [0.25, 0.3) is 0 Å². The van der Waals surface area contributed by atoms with E-state index in [0.29, 0.717) is 24.7 Å². The van der Waals surface area contributed by atoms with Gasteiger partial charge in [-0.2, -0.15) is 12.7 Å². The van der Waals surface area contributed by atoms with Gasteiger partial charge in [0.15, 0.2) is 0 Å². The van der Waals surface area contributed by atoms with E-state index >= 15 is 0 Å². The summed E-state index contributed by atoms with van der Waals surface area (Å²) in [5.41, 5.74) is 1.74. The molecule has 0 aromatic heterocycles. The molecule has 0 amide bonds. The smallest absolute Gasteiger partial charge is 0.261 e. The third-order valence-electron chi connectivity index (χ3n) is 3.74. The number of anilines is 1. The first-order valence-electron chi connectivity index (χ1n) is 6.82. The Labute approximate surface area is 126 Å². The zero-order valence-electron chi connectivity index (χ0n) is 11.9. The second-order valence-electron chi connectivity index (χ2n) is 5.33. The normalized spacial score (nSPS) is 20.9. The first-order valence-corrected chi connectivity index (χ1v) is 8.75. The Morgan fingerprint density at radius 2 is 2.20 bits per heavy atom. The minimum atomic E-state index is -3.47. The molecule has 1 aliphatic heterocycles. The first-order chi connectivity index (χ1) is 9.45. The van der Waals surface area contributed by atoms with Crippen molar-refractivity contribution in [3.8, 4) is 0 Å². The lowest BCUT2D eigenvalue weighted by Gasteiger charge is -2.34. The lowest BCUT2D eigenvalue weighted by atomic mass is 10.0. The van der Waals surface area contributed by atoms with Crippen LogP contribution in [0.2, 0.25) is 0 Å². The summed E-state index contributed by atoms with van der Waals surface area (Å²) in [6, 6.07) is 7.51. The third-order valence-corrected chi connectivity index (χ3v) is 6.06. The first kappa shape index (κ1) is 15.6.